The van der Waals surface area contributed by atoms with Gasteiger partial charge in [-0.05, 0) is 18.6 Å². The highest BCUT2D eigenvalue weighted by Crippen LogP contribution is 2.30. The number of hydrogen-bond donors (Lipinski definition) is 1. The number of pyridine rings is 1. The van der Waals surface area contributed by atoms with Crippen LogP contribution in [0.2, 0.25) is 0 Å². The summed E-state index contributed by atoms with van der Waals surface area (Å²) in [6.07, 6.45) is -1.24. The molecule has 0 aliphatic rings. The monoisotopic (exact) mass is 274 g/mol. The Morgan fingerprint density at radius 1 is 1.39 bits per heavy atom. The lowest BCUT2D eigenvalue weighted by molar-refractivity contribution is -0.144. The normalized spacial score (nSPS) is 13.3. The van der Waals surface area contributed by atoms with Crippen LogP contribution in [-0.2, 0) is 6.18 Å². The second-order valence-corrected chi connectivity index (χ2v) is 4.33. The summed E-state index contributed by atoms with van der Waals surface area (Å²) in [5.41, 5.74) is 0.862. The maximum absolute atomic E-state index is 12.3. The minimum absolute atomic E-state index is 0.138. The average molecular weight is 274 g/mol. The Labute approximate surface area is 105 Å². The van der Waals surface area contributed by atoms with Crippen LogP contribution >= 0.6 is 11.5 Å². The van der Waals surface area contributed by atoms with Gasteiger partial charge in [0.05, 0.1) is 6.04 Å². The molecular formula is C10H9F3N4S. The molecule has 0 bridgehead atoms. The zero-order valence-electron chi connectivity index (χ0n) is 9.27. The van der Waals surface area contributed by atoms with E-state index in [9.17, 15) is 13.2 Å². The van der Waals surface area contributed by atoms with Crippen molar-refractivity contribution in [2.24, 2.45) is 0 Å². The molecule has 0 amide bonds. The van der Waals surface area contributed by atoms with Crippen molar-refractivity contribution in [2.75, 3.05) is 5.32 Å². The van der Waals surface area contributed by atoms with E-state index in [1.807, 2.05) is 13.0 Å². The van der Waals surface area contributed by atoms with Gasteiger partial charge in [0.2, 0.25) is 11.0 Å². The summed E-state index contributed by atoms with van der Waals surface area (Å²) in [4.78, 5) is 7.34. The third-order valence-electron chi connectivity index (χ3n) is 2.20. The Balaban J connectivity index is 2.08. The van der Waals surface area contributed by atoms with Crippen molar-refractivity contribution in [3.05, 3.63) is 35.9 Å². The van der Waals surface area contributed by atoms with Gasteiger partial charge in [-0.1, -0.05) is 6.07 Å². The Bertz CT molecular complexity index is 511. The van der Waals surface area contributed by atoms with Crippen molar-refractivity contribution in [1.29, 1.82) is 0 Å². The van der Waals surface area contributed by atoms with E-state index in [2.05, 4.69) is 19.7 Å². The fraction of sp³-hybridized carbons (Fsp3) is 0.300. The van der Waals surface area contributed by atoms with Crippen molar-refractivity contribution >= 4 is 16.7 Å². The number of aromatic nitrogens is 3. The number of hydrogen-bond acceptors (Lipinski definition) is 5. The van der Waals surface area contributed by atoms with E-state index >= 15 is 0 Å². The molecule has 0 spiro atoms. The first-order chi connectivity index (χ1) is 8.47. The van der Waals surface area contributed by atoms with E-state index in [1.54, 1.807) is 18.5 Å². The molecule has 0 aromatic carbocycles. The lowest BCUT2D eigenvalue weighted by Crippen LogP contribution is -2.09. The quantitative estimate of drug-likeness (QED) is 0.934. The number of alkyl halides is 3. The molecule has 2 aromatic heterocycles. The fourth-order valence-electron chi connectivity index (χ4n) is 1.30. The van der Waals surface area contributed by atoms with Crippen molar-refractivity contribution in [3.63, 3.8) is 0 Å². The van der Waals surface area contributed by atoms with E-state index in [0.717, 1.165) is 5.56 Å². The van der Waals surface area contributed by atoms with E-state index < -0.39 is 12.0 Å². The maximum atomic E-state index is 12.3. The second-order valence-electron chi connectivity index (χ2n) is 3.57. The summed E-state index contributed by atoms with van der Waals surface area (Å²) in [6.45, 7) is 1.81. The van der Waals surface area contributed by atoms with Gasteiger partial charge in [-0.3, -0.25) is 4.98 Å². The van der Waals surface area contributed by atoms with E-state index in [-0.39, 0.29) is 11.2 Å². The summed E-state index contributed by atoms with van der Waals surface area (Å²) in [6, 6.07) is 3.40. The first-order valence-electron chi connectivity index (χ1n) is 5.04. The summed E-state index contributed by atoms with van der Waals surface area (Å²) in [5.74, 6) is -1.12. The van der Waals surface area contributed by atoms with Crippen LogP contribution in [0, 0.1) is 0 Å². The van der Waals surface area contributed by atoms with Crippen molar-refractivity contribution in [2.45, 2.75) is 19.1 Å². The highest BCUT2D eigenvalue weighted by atomic mass is 32.1. The largest absolute Gasteiger partial charge is 0.452 e. The molecule has 2 aromatic rings. The molecule has 18 heavy (non-hydrogen) atoms. The topological polar surface area (TPSA) is 50.7 Å². The van der Waals surface area contributed by atoms with Gasteiger partial charge in [0.1, 0.15) is 0 Å². The lowest BCUT2D eigenvalue weighted by Gasteiger charge is -2.11. The summed E-state index contributed by atoms with van der Waals surface area (Å²) in [7, 11) is 0. The fourth-order valence-corrected chi connectivity index (χ4v) is 1.97. The molecule has 8 heteroatoms. The van der Waals surface area contributed by atoms with E-state index in [4.69, 9.17) is 0 Å². The van der Waals surface area contributed by atoms with Gasteiger partial charge in [0.25, 0.3) is 0 Å². The Hall–Kier alpha value is -1.70. The highest BCUT2D eigenvalue weighted by molar-refractivity contribution is 7.09. The van der Waals surface area contributed by atoms with Gasteiger partial charge in [-0.25, -0.2) is 0 Å². The molecule has 0 saturated heterocycles. The smallest absolute Gasteiger partial charge is 0.354 e. The molecule has 0 saturated carbocycles. The predicted octanol–water partition coefficient (Wildman–Crippen LogP) is 3.13. The Kier molecular flexibility index (Phi) is 3.46. The van der Waals surface area contributed by atoms with Gasteiger partial charge in [0.15, 0.2) is 0 Å². The van der Waals surface area contributed by atoms with Crippen LogP contribution in [0.5, 0.6) is 0 Å². The predicted molar refractivity (Wildman–Crippen MR) is 61.2 cm³/mol. The standard InChI is InChI=1S/C10H9F3N4S/c1-6(7-3-2-4-14-5-7)15-9-16-8(17-18-9)10(11,12)13/h2-6H,1H3,(H,15,16,17)/t6-/m1/s1. The van der Waals surface area contributed by atoms with Crippen LogP contribution in [0.25, 0.3) is 0 Å². The molecule has 0 unspecified atom stereocenters. The van der Waals surface area contributed by atoms with Crippen LogP contribution in [0.4, 0.5) is 18.3 Å². The average Bonchev–Trinajstić information content (AvgIpc) is 2.78. The number of nitrogens with one attached hydrogen (secondary N) is 1. The van der Waals surface area contributed by atoms with Crippen LogP contribution < -0.4 is 5.32 Å². The Morgan fingerprint density at radius 2 is 2.17 bits per heavy atom. The van der Waals surface area contributed by atoms with Gasteiger partial charge in [0, 0.05) is 23.9 Å². The molecule has 2 rings (SSSR count). The molecule has 2 heterocycles. The molecule has 1 atom stereocenters. The SMILES string of the molecule is C[C@@H](Nc1nc(C(F)(F)F)ns1)c1cccnc1. The summed E-state index contributed by atoms with van der Waals surface area (Å²) < 4.78 is 40.2. The third-order valence-corrected chi connectivity index (χ3v) is 2.85. The number of nitrogens with zero attached hydrogens (tertiary/aromatic N) is 3. The highest BCUT2D eigenvalue weighted by Gasteiger charge is 2.36. The number of halogens is 3. The van der Waals surface area contributed by atoms with E-state index in [1.165, 1.54) is 0 Å². The number of rotatable bonds is 3. The summed E-state index contributed by atoms with van der Waals surface area (Å²) in [5, 5.41) is 2.99. The number of anilines is 1. The van der Waals surface area contributed by atoms with Crippen LogP contribution in [0.15, 0.2) is 24.5 Å². The third kappa shape index (κ3) is 2.95. The molecule has 0 aliphatic carbocycles. The molecule has 1 N–H and O–H groups in total. The van der Waals surface area contributed by atoms with Gasteiger partial charge >= 0.3 is 6.18 Å². The molecule has 0 aliphatic heterocycles. The minimum atomic E-state index is -4.51. The van der Waals surface area contributed by atoms with Crippen LogP contribution in [-0.4, -0.2) is 14.3 Å². The maximum Gasteiger partial charge on any atom is 0.452 e. The van der Waals surface area contributed by atoms with E-state index in [0.29, 0.717) is 11.5 Å². The molecular weight excluding hydrogens is 265 g/mol. The van der Waals surface area contributed by atoms with Crippen LogP contribution in [0.1, 0.15) is 24.4 Å². The first-order valence-corrected chi connectivity index (χ1v) is 5.81. The molecule has 0 fully saturated rings. The summed E-state index contributed by atoms with van der Waals surface area (Å²) >= 11 is 0.687. The molecule has 4 nitrogen and oxygen atoms in total. The lowest BCUT2D eigenvalue weighted by atomic mass is 10.1. The van der Waals surface area contributed by atoms with Crippen molar-refractivity contribution in [1.82, 2.24) is 14.3 Å². The van der Waals surface area contributed by atoms with Crippen molar-refractivity contribution < 1.29 is 13.2 Å². The second kappa shape index (κ2) is 4.89. The van der Waals surface area contributed by atoms with Crippen LogP contribution in [0.3, 0.4) is 0 Å². The zero-order valence-corrected chi connectivity index (χ0v) is 10.1. The molecule has 96 valence electrons. The Morgan fingerprint density at radius 3 is 2.72 bits per heavy atom. The van der Waals surface area contributed by atoms with Gasteiger partial charge in [-0.15, -0.1) is 0 Å². The van der Waals surface area contributed by atoms with Gasteiger partial charge < -0.3 is 5.32 Å². The van der Waals surface area contributed by atoms with Crippen molar-refractivity contribution in [3.8, 4) is 0 Å². The zero-order chi connectivity index (χ0) is 13.2. The minimum Gasteiger partial charge on any atom is -0.354 e. The molecule has 0 radical (unpaired) electrons. The van der Waals surface area contributed by atoms with Gasteiger partial charge in [-0.2, -0.15) is 22.5 Å². The first kappa shape index (κ1) is 12.7.